The second-order valence-electron chi connectivity index (χ2n) is 8.21. The highest BCUT2D eigenvalue weighted by Gasteiger charge is 2.29. The van der Waals surface area contributed by atoms with Crippen LogP contribution in [0.4, 0.5) is 24.5 Å². The summed E-state index contributed by atoms with van der Waals surface area (Å²) in [5.41, 5.74) is 14.1. The van der Waals surface area contributed by atoms with E-state index in [2.05, 4.69) is 0 Å². The molecule has 0 heterocycles. The van der Waals surface area contributed by atoms with Crippen LogP contribution in [-0.2, 0) is 11.2 Å². The number of carbonyl (C=O) groups is 2. The summed E-state index contributed by atoms with van der Waals surface area (Å²) in [6.07, 6.45) is -2.36. The Bertz CT molecular complexity index is 1320. The number of ether oxygens (including phenoxy) is 3. The van der Waals surface area contributed by atoms with Gasteiger partial charge in [0.2, 0.25) is 0 Å². The first kappa shape index (κ1) is 27.9. The quantitative estimate of drug-likeness (QED) is 0.142. The van der Waals surface area contributed by atoms with E-state index in [1.807, 2.05) is 0 Å². The lowest BCUT2D eigenvalue weighted by Gasteiger charge is -2.13. The monoisotopic (exact) mass is 530 g/mol. The largest absolute Gasteiger partial charge is 0.493 e. The SMILES string of the molecule is COc1cc(C(=O)Oc2ccc(/C=C(\CCc3cc(N)cc(N)c3)C(=O)O)cc2)ccc1OCC(F)(F)F. The van der Waals surface area contributed by atoms with E-state index in [1.165, 1.54) is 43.5 Å². The Morgan fingerprint density at radius 3 is 2.18 bits per heavy atom. The van der Waals surface area contributed by atoms with E-state index in [-0.39, 0.29) is 34.8 Å². The number of carboxylic acids is 1. The second-order valence-corrected chi connectivity index (χ2v) is 8.21. The van der Waals surface area contributed by atoms with Gasteiger partial charge in [-0.2, -0.15) is 13.2 Å². The number of benzene rings is 3. The predicted octanol–water partition coefficient (Wildman–Crippen LogP) is 5.12. The van der Waals surface area contributed by atoms with E-state index in [4.69, 9.17) is 25.7 Å². The van der Waals surface area contributed by atoms with Crippen molar-refractivity contribution in [2.45, 2.75) is 19.0 Å². The number of nitrogen functional groups attached to an aromatic ring is 2. The van der Waals surface area contributed by atoms with Crippen molar-refractivity contribution < 1.29 is 42.1 Å². The summed E-state index contributed by atoms with van der Waals surface area (Å²) >= 11 is 0. The Morgan fingerprint density at radius 1 is 0.947 bits per heavy atom. The molecule has 0 amide bonds. The van der Waals surface area contributed by atoms with Gasteiger partial charge in [-0.3, -0.25) is 0 Å². The maximum atomic E-state index is 12.5. The van der Waals surface area contributed by atoms with Crippen molar-refractivity contribution in [3.8, 4) is 17.2 Å². The number of aliphatic carboxylic acids is 1. The van der Waals surface area contributed by atoms with Gasteiger partial charge in [0.1, 0.15) is 5.75 Å². The third-order valence-corrected chi connectivity index (χ3v) is 5.22. The summed E-state index contributed by atoms with van der Waals surface area (Å²) in [5, 5.41) is 9.60. The molecule has 0 aliphatic carbocycles. The van der Waals surface area contributed by atoms with Crippen LogP contribution in [0.1, 0.15) is 27.9 Å². The lowest BCUT2D eigenvalue weighted by Crippen LogP contribution is -2.19. The third kappa shape index (κ3) is 8.19. The molecule has 0 fully saturated rings. The number of nitrogens with two attached hydrogens (primary N) is 2. The Hall–Kier alpha value is -4.67. The second kappa shape index (κ2) is 12.0. The molecule has 3 aromatic carbocycles. The number of anilines is 2. The molecule has 0 bridgehead atoms. The number of carboxylic acid groups (broad SMARTS) is 1. The van der Waals surface area contributed by atoms with Gasteiger partial charge in [0.25, 0.3) is 0 Å². The Balaban J connectivity index is 1.67. The number of rotatable bonds is 10. The van der Waals surface area contributed by atoms with Crippen molar-refractivity contribution in [3.05, 3.63) is 82.9 Å². The fraction of sp³-hybridized carbons (Fsp3) is 0.185. The zero-order valence-electron chi connectivity index (χ0n) is 20.2. The van der Waals surface area contributed by atoms with Crippen molar-refractivity contribution >= 4 is 29.4 Å². The molecule has 0 atom stereocenters. The van der Waals surface area contributed by atoms with E-state index in [1.54, 1.807) is 30.3 Å². The highest BCUT2D eigenvalue weighted by Crippen LogP contribution is 2.30. The van der Waals surface area contributed by atoms with Crippen molar-refractivity contribution in [3.63, 3.8) is 0 Å². The number of alkyl halides is 3. The summed E-state index contributed by atoms with van der Waals surface area (Å²) in [6.45, 7) is -1.51. The third-order valence-electron chi connectivity index (χ3n) is 5.22. The molecule has 0 unspecified atom stereocenters. The minimum atomic E-state index is -4.53. The number of halogens is 3. The van der Waals surface area contributed by atoms with Gasteiger partial charge in [0.05, 0.1) is 12.7 Å². The summed E-state index contributed by atoms with van der Waals surface area (Å²) in [4.78, 5) is 24.3. The van der Waals surface area contributed by atoms with Crippen LogP contribution >= 0.6 is 0 Å². The van der Waals surface area contributed by atoms with Crippen LogP contribution in [-0.4, -0.2) is 36.9 Å². The van der Waals surface area contributed by atoms with Gasteiger partial charge >= 0.3 is 18.1 Å². The van der Waals surface area contributed by atoms with Gasteiger partial charge in [-0.15, -0.1) is 0 Å². The van der Waals surface area contributed by atoms with Gasteiger partial charge in [0.15, 0.2) is 18.1 Å². The topological polar surface area (TPSA) is 134 Å². The molecule has 0 radical (unpaired) electrons. The molecule has 3 rings (SSSR count). The minimum Gasteiger partial charge on any atom is -0.493 e. The molecule has 200 valence electrons. The lowest BCUT2D eigenvalue weighted by molar-refractivity contribution is -0.153. The first-order chi connectivity index (χ1) is 17.9. The maximum Gasteiger partial charge on any atom is 0.422 e. The molecule has 0 saturated carbocycles. The van der Waals surface area contributed by atoms with Crippen molar-refractivity contribution in [1.82, 2.24) is 0 Å². The molecule has 0 saturated heterocycles. The van der Waals surface area contributed by atoms with Crippen LogP contribution in [0.3, 0.4) is 0 Å². The zero-order chi connectivity index (χ0) is 27.9. The van der Waals surface area contributed by atoms with E-state index in [9.17, 15) is 27.9 Å². The molecule has 11 heteroatoms. The normalized spacial score (nSPS) is 11.6. The van der Waals surface area contributed by atoms with Gasteiger partial charge in [0, 0.05) is 16.9 Å². The smallest absolute Gasteiger partial charge is 0.422 e. The number of methoxy groups -OCH3 is 1. The van der Waals surface area contributed by atoms with E-state index in [0.717, 1.165) is 5.56 Å². The zero-order valence-corrected chi connectivity index (χ0v) is 20.2. The van der Waals surface area contributed by atoms with Crippen LogP contribution in [0.5, 0.6) is 17.2 Å². The van der Waals surface area contributed by atoms with Gasteiger partial charge in [-0.25, -0.2) is 9.59 Å². The highest BCUT2D eigenvalue weighted by atomic mass is 19.4. The van der Waals surface area contributed by atoms with Crippen LogP contribution in [0.25, 0.3) is 6.08 Å². The Kier molecular flexibility index (Phi) is 8.85. The first-order valence-corrected chi connectivity index (χ1v) is 11.2. The van der Waals surface area contributed by atoms with Gasteiger partial charge < -0.3 is 30.8 Å². The van der Waals surface area contributed by atoms with Gasteiger partial charge in [-0.05, 0) is 78.6 Å². The van der Waals surface area contributed by atoms with Crippen LogP contribution in [0.2, 0.25) is 0 Å². The molecule has 0 aromatic heterocycles. The number of aryl methyl sites for hydroxylation is 1. The molecule has 8 nitrogen and oxygen atoms in total. The van der Waals surface area contributed by atoms with Crippen LogP contribution in [0.15, 0.2) is 66.2 Å². The Labute approximate surface area is 216 Å². The standard InChI is InChI=1S/C27H25F3N2O6/c1-36-24-13-19(6-9-23(24)37-15-27(28,29)30)26(35)38-22-7-3-16(4-8-22)10-18(25(33)34)5-2-17-11-20(31)14-21(32)12-17/h3-4,6-14H,2,5,15,31-32H2,1H3,(H,33,34)/b18-10+. The summed E-state index contributed by atoms with van der Waals surface area (Å²) in [6, 6.07) is 14.9. The van der Waals surface area contributed by atoms with E-state index < -0.39 is 24.7 Å². The van der Waals surface area contributed by atoms with Crippen LogP contribution in [0, 0.1) is 0 Å². The van der Waals surface area contributed by atoms with E-state index >= 15 is 0 Å². The number of esters is 1. The fourth-order valence-corrected chi connectivity index (χ4v) is 3.48. The van der Waals surface area contributed by atoms with Gasteiger partial charge in [-0.1, -0.05) is 12.1 Å². The predicted molar refractivity (Wildman–Crippen MR) is 135 cm³/mol. The fourth-order valence-electron chi connectivity index (χ4n) is 3.48. The molecule has 0 aliphatic rings. The molecule has 0 spiro atoms. The van der Waals surface area contributed by atoms with E-state index in [0.29, 0.717) is 23.4 Å². The summed E-state index contributed by atoms with van der Waals surface area (Å²) in [5.74, 6) is -1.91. The molecular weight excluding hydrogens is 505 g/mol. The molecule has 38 heavy (non-hydrogen) atoms. The van der Waals surface area contributed by atoms with Crippen molar-refractivity contribution in [2.75, 3.05) is 25.2 Å². The number of hydrogen-bond acceptors (Lipinski definition) is 7. The highest BCUT2D eigenvalue weighted by molar-refractivity contribution is 5.93. The minimum absolute atomic E-state index is 0.0283. The molecular formula is C27H25F3N2O6. The van der Waals surface area contributed by atoms with Crippen molar-refractivity contribution in [2.24, 2.45) is 0 Å². The number of hydrogen-bond donors (Lipinski definition) is 3. The molecule has 5 N–H and O–H groups in total. The lowest BCUT2D eigenvalue weighted by atomic mass is 10.0. The summed E-state index contributed by atoms with van der Waals surface area (Å²) in [7, 11) is 1.23. The first-order valence-electron chi connectivity index (χ1n) is 11.2. The average molecular weight is 530 g/mol. The van der Waals surface area contributed by atoms with Crippen LogP contribution < -0.4 is 25.7 Å². The Morgan fingerprint density at radius 2 is 1.61 bits per heavy atom. The average Bonchev–Trinajstić information content (AvgIpc) is 2.85. The maximum absolute atomic E-state index is 12.5. The molecule has 0 aliphatic heterocycles. The summed E-state index contributed by atoms with van der Waals surface area (Å²) < 4.78 is 52.3. The molecule has 3 aromatic rings. The number of carbonyl (C=O) groups excluding carboxylic acids is 1. The van der Waals surface area contributed by atoms with Crippen molar-refractivity contribution in [1.29, 1.82) is 0 Å².